The Labute approximate surface area is 92.7 Å². The Bertz CT molecular complexity index is 257. The number of rotatable bonds is 0. The van der Waals surface area contributed by atoms with Crippen LogP contribution in [0.4, 0.5) is 0 Å². The summed E-state index contributed by atoms with van der Waals surface area (Å²) < 4.78 is 5.54. The van der Waals surface area contributed by atoms with Crippen molar-refractivity contribution in [1.29, 1.82) is 0 Å². The summed E-state index contributed by atoms with van der Waals surface area (Å²) in [6, 6.07) is 0.513. The molecule has 0 aromatic rings. The van der Waals surface area contributed by atoms with Crippen LogP contribution in [-0.4, -0.2) is 54.2 Å². The maximum absolute atomic E-state index is 5.54. The third kappa shape index (κ3) is 2.18. The lowest BCUT2D eigenvalue weighted by atomic mass is 10.0. The molecular formula is C12H22N2O. The van der Waals surface area contributed by atoms with E-state index in [0.717, 1.165) is 31.9 Å². The van der Waals surface area contributed by atoms with Crippen LogP contribution in [0.15, 0.2) is 12.3 Å². The Balaban J connectivity index is 2.03. The normalized spacial score (nSPS) is 29.1. The fraction of sp³-hybridized carbons (Fsp3) is 0.833. The molecule has 0 aliphatic carbocycles. The molecule has 2 saturated heterocycles. The standard InChI is InChI=1S/C12H22N2O/c1-10-8-15-9-11-7-13(12(2,3)4)5-6-14(10)11/h11H,1,5-9H2,2-4H3. The molecule has 1 atom stereocenters. The van der Waals surface area contributed by atoms with Crippen LogP contribution in [0.5, 0.6) is 0 Å². The van der Waals surface area contributed by atoms with Crippen LogP contribution >= 0.6 is 0 Å². The SMILES string of the molecule is C=C1COCC2CN(C(C)(C)C)CCN12. The van der Waals surface area contributed by atoms with E-state index in [0.29, 0.717) is 12.6 Å². The summed E-state index contributed by atoms with van der Waals surface area (Å²) in [5.74, 6) is 0. The van der Waals surface area contributed by atoms with Crippen molar-refractivity contribution in [1.82, 2.24) is 9.80 Å². The van der Waals surface area contributed by atoms with E-state index in [-0.39, 0.29) is 5.54 Å². The van der Waals surface area contributed by atoms with E-state index in [9.17, 15) is 0 Å². The maximum atomic E-state index is 5.54. The first-order valence-corrected chi connectivity index (χ1v) is 5.76. The number of nitrogens with zero attached hydrogens (tertiary/aromatic N) is 2. The Morgan fingerprint density at radius 1 is 1.33 bits per heavy atom. The van der Waals surface area contributed by atoms with Crippen molar-refractivity contribution >= 4 is 0 Å². The van der Waals surface area contributed by atoms with Crippen molar-refractivity contribution in [2.24, 2.45) is 0 Å². The summed E-state index contributed by atoms with van der Waals surface area (Å²) in [7, 11) is 0. The summed E-state index contributed by atoms with van der Waals surface area (Å²) in [4.78, 5) is 4.96. The second-order valence-corrected chi connectivity index (χ2v) is 5.55. The number of fused-ring (bicyclic) bond motifs is 1. The summed E-state index contributed by atoms with van der Waals surface area (Å²) >= 11 is 0. The fourth-order valence-corrected chi connectivity index (χ4v) is 2.42. The summed E-state index contributed by atoms with van der Waals surface area (Å²) in [5, 5.41) is 0. The van der Waals surface area contributed by atoms with Gasteiger partial charge >= 0.3 is 0 Å². The second-order valence-electron chi connectivity index (χ2n) is 5.55. The molecule has 0 radical (unpaired) electrons. The first kappa shape index (κ1) is 11.0. The Morgan fingerprint density at radius 2 is 2.07 bits per heavy atom. The molecule has 2 aliphatic rings. The highest BCUT2D eigenvalue weighted by atomic mass is 16.5. The predicted octanol–water partition coefficient (Wildman–Crippen LogP) is 1.32. The molecule has 0 bridgehead atoms. The minimum atomic E-state index is 0.269. The monoisotopic (exact) mass is 210 g/mol. The van der Waals surface area contributed by atoms with Crippen molar-refractivity contribution < 1.29 is 4.74 Å². The number of ether oxygens (including phenoxy) is 1. The van der Waals surface area contributed by atoms with Gasteiger partial charge in [-0.25, -0.2) is 0 Å². The molecule has 2 rings (SSSR count). The van der Waals surface area contributed by atoms with Gasteiger partial charge in [-0.2, -0.15) is 0 Å². The third-order valence-corrected chi connectivity index (χ3v) is 3.42. The van der Waals surface area contributed by atoms with Crippen LogP contribution in [-0.2, 0) is 4.74 Å². The van der Waals surface area contributed by atoms with Crippen molar-refractivity contribution in [2.45, 2.75) is 32.4 Å². The third-order valence-electron chi connectivity index (χ3n) is 3.42. The van der Waals surface area contributed by atoms with Crippen LogP contribution in [0.3, 0.4) is 0 Å². The molecule has 15 heavy (non-hydrogen) atoms. The van der Waals surface area contributed by atoms with Crippen molar-refractivity contribution in [3.8, 4) is 0 Å². The van der Waals surface area contributed by atoms with Gasteiger partial charge in [-0.15, -0.1) is 0 Å². The number of hydrogen-bond donors (Lipinski definition) is 0. The van der Waals surface area contributed by atoms with Crippen LogP contribution in [0.1, 0.15) is 20.8 Å². The molecule has 1 unspecified atom stereocenters. The molecule has 0 saturated carbocycles. The fourth-order valence-electron chi connectivity index (χ4n) is 2.42. The Kier molecular flexibility index (Phi) is 2.77. The number of piperazine rings is 1. The van der Waals surface area contributed by atoms with Crippen molar-refractivity contribution in [2.75, 3.05) is 32.8 Å². The lowest BCUT2D eigenvalue weighted by molar-refractivity contribution is -0.0359. The lowest BCUT2D eigenvalue weighted by Crippen LogP contribution is -2.60. The second kappa shape index (κ2) is 3.80. The number of hydrogen-bond acceptors (Lipinski definition) is 3. The Hall–Kier alpha value is -0.540. The average molecular weight is 210 g/mol. The molecule has 0 aromatic carbocycles. The minimum Gasteiger partial charge on any atom is -0.373 e. The molecule has 0 N–H and O–H groups in total. The van der Waals surface area contributed by atoms with E-state index >= 15 is 0 Å². The van der Waals surface area contributed by atoms with E-state index in [2.05, 4.69) is 37.1 Å². The highest BCUT2D eigenvalue weighted by molar-refractivity contribution is 5.04. The van der Waals surface area contributed by atoms with Gasteiger partial charge in [-0.3, -0.25) is 4.90 Å². The van der Waals surface area contributed by atoms with Gasteiger partial charge < -0.3 is 9.64 Å². The van der Waals surface area contributed by atoms with E-state index < -0.39 is 0 Å². The van der Waals surface area contributed by atoms with Gasteiger partial charge in [0.05, 0.1) is 19.3 Å². The molecule has 2 fully saturated rings. The molecule has 2 aliphatic heterocycles. The van der Waals surface area contributed by atoms with Gasteiger partial charge in [0.25, 0.3) is 0 Å². The first-order chi connectivity index (χ1) is 6.98. The molecule has 2 heterocycles. The van der Waals surface area contributed by atoms with E-state index in [4.69, 9.17) is 4.74 Å². The zero-order chi connectivity index (χ0) is 11.1. The van der Waals surface area contributed by atoms with Gasteiger partial charge in [0, 0.05) is 30.9 Å². The molecule has 0 spiro atoms. The largest absolute Gasteiger partial charge is 0.373 e. The highest BCUT2D eigenvalue weighted by Gasteiger charge is 2.34. The average Bonchev–Trinajstić information content (AvgIpc) is 2.16. The van der Waals surface area contributed by atoms with Crippen LogP contribution in [0, 0.1) is 0 Å². The molecule has 0 amide bonds. The molecule has 0 aromatic heterocycles. The summed E-state index contributed by atoms with van der Waals surface area (Å²) in [6.45, 7) is 15.8. The van der Waals surface area contributed by atoms with E-state index in [1.807, 2.05) is 0 Å². The van der Waals surface area contributed by atoms with Crippen molar-refractivity contribution in [3.63, 3.8) is 0 Å². The summed E-state index contributed by atoms with van der Waals surface area (Å²) in [5.41, 5.74) is 1.42. The lowest BCUT2D eigenvalue weighted by Gasteiger charge is -2.49. The van der Waals surface area contributed by atoms with Crippen molar-refractivity contribution in [3.05, 3.63) is 12.3 Å². The van der Waals surface area contributed by atoms with Gasteiger partial charge in [0.2, 0.25) is 0 Å². The molecule has 3 heteroatoms. The van der Waals surface area contributed by atoms with Crippen LogP contribution in [0.2, 0.25) is 0 Å². The van der Waals surface area contributed by atoms with Crippen LogP contribution < -0.4 is 0 Å². The van der Waals surface area contributed by atoms with Crippen LogP contribution in [0.25, 0.3) is 0 Å². The highest BCUT2D eigenvalue weighted by Crippen LogP contribution is 2.24. The quantitative estimate of drug-likeness (QED) is 0.599. The zero-order valence-electron chi connectivity index (χ0n) is 10.1. The number of morpholine rings is 1. The summed E-state index contributed by atoms with van der Waals surface area (Å²) in [6.07, 6.45) is 0. The first-order valence-electron chi connectivity index (χ1n) is 5.76. The van der Waals surface area contributed by atoms with E-state index in [1.54, 1.807) is 0 Å². The van der Waals surface area contributed by atoms with Gasteiger partial charge in [-0.05, 0) is 20.8 Å². The predicted molar refractivity (Wildman–Crippen MR) is 61.8 cm³/mol. The smallest absolute Gasteiger partial charge is 0.0859 e. The van der Waals surface area contributed by atoms with Gasteiger partial charge in [0.15, 0.2) is 0 Å². The topological polar surface area (TPSA) is 15.7 Å². The maximum Gasteiger partial charge on any atom is 0.0859 e. The minimum absolute atomic E-state index is 0.269. The van der Waals surface area contributed by atoms with Gasteiger partial charge in [0.1, 0.15) is 0 Å². The Morgan fingerprint density at radius 3 is 2.73 bits per heavy atom. The van der Waals surface area contributed by atoms with E-state index in [1.165, 1.54) is 0 Å². The molecule has 86 valence electrons. The molecule has 3 nitrogen and oxygen atoms in total. The molecular weight excluding hydrogens is 188 g/mol. The zero-order valence-corrected chi connectivity index (χ0v) is 10.1. The van der Waals surface area contributed by atoms with Gasteiger partial charge in [-0.1, -0.05) is 6.58 Å².